The molecule has 0 atom stereocenters. The fourth-order valence-electron chi connectivity index (χ4n) is 1.89. The number of aliphatic carboxylic acids is 1. The summed E-state index contributed by atoms with van der Waals surface area (Å²) < 4.78 is 5.25. The van der Waals surface area contributed by atoms with Crippen LogP contribution in [0.4, 0.5) is 5.69 Å². The monoisotopic (exact) mass is 293 g/mol. The highest BCUT2D eigenvalue weighted by Crippen LogP contribution is 2.31. The summed E-state index contributed by atoms with van der Waals surface area (Å²) in [4.78, 5) is 22.3. The zero-order valence-electron chi connectivity index (χ0n) is 13.0. The van der Waals surface area contributed by atoms with Gasteiger partial charge < -0.3 is 15.2 Å². The maximum atomic E-state index is 11.9. The van der Waals surface area contributed by atoms with Crippen molar-refractivity contribution in [1.82, 2.24) is 0 Å². The summed E-state index contributed by atoms with van der Waals surface area (Å²) in [6, 6.07) is 5.69. The molecule has 5 heteroatoms. The lowest BCUT2D eigenvalue weighted by Gasteiger charge is -2.21. The number of carbonyl (C=O) groups excluding carboxylic acids is 1. The largest absolute Gasteiger partial charge is 0.495 e. The molecule has 0 saturated carbocycles. The summed E-state index contributed by atoms with van der Waals surface area (Å²) >= 11 is 0. The predicted octanol–water partition coefficient (Wildman–Crippen LogP) is 3.19. The fraction of sp³-hybridized carbons (Fsp3) is 0.500. The van der Waals surface area contributed by atoms with Crippen LogP contribution in [0.25, 0.3) is 0 Å². The van der Waals surface area contributed by atoms with Crippen molar-refractivity contribution in [1.29, 1.82) is 0 Å². The number of benzene rings is 1. The van der Waals surface area contributed by atoms with Gasteiger partial charge in [0, 0.05) is 12.8 Å². The Kier molecular flexibility index (Phi) is 5.76. The molecule has 1 aromatic carbocycles. The number of hydrogen-bond donors (Lipinski definition) is 2. The van der Waals surface area contributed by atoms with E-state index in [4.69, 9.17) is 9.84 Å². The van der Waals surface area contributed by atoms with Crippen LogP contribution in [0.15, 0.2) is 18.2 Å². The number of amides is 1. The maximum absolute atomic E-state index is 11.9. The number of nitrogens with one attached hydrogen (secondary N) is 1. The quantitative estimate of drug-likeness (QED) is 0.844. The van der Waals surface area contributed by atoms with Crippen LogP contribution in [0.1, 0.15) is 45.6 Å². The summed E-state index contributed by atoms with van der Waals surface area (Å²) in [5.74, 6) is -0.509. The van der Waals surface area contributed by atoms with Crippen LogP contribution in [0.3, 0.4) is 0 Å². The van der Waals surface area contributed by atoms with Crippen LogP contribution in [0, 0.1) is 0 Å². The van der Waals surface area contributed by atoms with E-state index in [1.165, 1.54) is 0 Å². The van der Waals surface area contributed by atoms with Crippen LogP contribution < -0.4 is 10.1 Å². The first-order valence-electron chi connectivity index (χ1n) is 6.94. The summed E-state index contributed by atoms with van der Waals surface area (Å²) in [6.07, 6.45) is 0.490. The molecule has 2 N–H and O–H groups in total. The zero-order valence-corrected chi connectivity index (χ0v) is 13.0. The van der Waals surface area contributed by atoms with Crippen molar-refractivity contribution in [2.75, 3.05) is 12.4 Å². The molecular weight excluding hydrogens is 270 g/mol. The Hall–Kier alpha value is -2.04. The number of hydrogen-bond acceptors (Lipinski definition) is 3. The molecule has 0 unspecified atom stereocenters. The number of carbonyl (C=O) groups is 2. The van der Waals surface area contributed by atoms with Crippen molar-refractivity contribution in [3.63, 3.8) is 0 Å². The van der Waals surface area contributed by atoms with Crippen LogP contribution in [0.5, 0.6) is 5.75 Å². The van der Waals surface area contributed by atoms with E-state index in [-0.39, 0.29) is 24.2 Å². The van der Waals surface area contributed by atoms with Crippen LogP contribution >= 0.6 is 0 Å². The van der Waals surface area contributed by atoms with Gasteiger partial charge in [-0.1, -0.05) is 26.8 Å². The molecular formula is C16H23NO4. The van der Waals surface area contributed by atoms with Crippen LogP contribution in [-0.4, -0.2) is 24.1 Å². The number of methoxy groups -OCH3 is 1. The third-order valence-corrected chi connectivity index (χ3v) is 3.13. The molecule has 0 heterocycles. The van der Waals surface area contributed by atoms with Gasteiger partial charge in [0.15, 0.2) is 0 Å². The minimum atomic E-state index is -0.893. The first-order chi connectivity index (χ1) is 9.74. The number of carboxylic acids is 1. The number of carboxylic acid groups (broad SMARTS) is 1. The van der Waals surface area contributed by atoms with E-state index in [2.05, 4.69) is 26.1 Å². The van der Waals surface area contributed by atoms with E-state index < -0.39 is 5.97 Å². The average Bonchev–Trinajstić information content (AvgIpc) is 2.37. The van der Waals surface area contributed by atoms with Gasteiger partial charge in [-0.05, 0) is 29.5 Å². The molecule has 0 aliphatic heterocycles. The molecule has 1 amide bonds. The van der Waals surface area contributed by atoms with Gasteiger partial charge in [0.05, 0.1) is 12.8 Å². The Bertz CT molecular complexity index is 517. The summed E-state index contributed by atoms with van der Waals surface area (Å²) in [5.41, 5.74) is 1.67. The highest BCUT2D eigenvalue weighted by atomic mass is 16.5. The number of anilines is 1. The summed E-state index contributed by atoms with van der Waals surface area (Å²) in [5, 5.41) is 11.4. The van der Waals surface area contributed by atoms with Crippen molar-refractivity contribution in [2.24, 2.45) is 0 Å². The highest BCUT2D eigenvalue weighted by molar-refractivity contribution is 5.92. The van der Waals surface area contributed by atoms with E-state index in [1.807, 2.05) is 18.2 Å². The molecule has 5 nitrogen and oxygen atoms in total. The van der Waals surface area contributed by atoms with E-state index in [1.54, 1.807) is 7.11 Å². The molecule has 21 heavy (non-hydrogen) atoms. The van der Waals surface area contributed by atoms with Crippen molar-refractivity contribution in [2.45, 2.75) is 45.4 Å². The van der Waals surface area contributed by atoms with E-state index in [0.717, 1.165) is 5.56 Å². The van der Waals surface area contributed by atoms with Gasteiger partial charge in [-0.3, -0.25) is 9.59 Å². The lowest BCUT2D eigenvalue weighted by molar-refractivity contribution is -0.137. The third kappa shape index (κ3) is 5.45. The fourth-order valence-corrected chi connectivity index (χ4v) is 1.89. The minimum absolute atomic E-state index is 0.00736. The van der Waals surface area contributed by atoms with Gasteiger partial charge in [-0.15, -0.1) is 0 Å². The van der Waals surface area contributed by atoms with E-state index in [9.17, 15) is 9.59 Å². The van der Waals surface area contributed by atoms with Crippen LogP contribution in [0.2, 0.25) is 0 Å². The summed E-state index contributed by atoms with van der Waals surface area (Å²) in [6.45, 7) is 6.27. The second-order valence-electron chi connectivity index (χ2n) is 5.96. The second-order valence-corrected chi connectivity index (χ2v) is 5.96. The average molecular weight is 293 g/mol. The molecule has 0 aromatic heterocycles. The highest BCUT2D eigenvalue weighted by Gasteiger charge is 2.17. The number of ether oxygens (including phenoxy) is 1. The maximum Gasteiger partial charge on any atom is 0.303 e. The predicted molar refractivity (Wildman–Crippen MR) is 81.8 cm³/mol. The third-order valence-electron chi connectivity index (χ3n) is 3.13. The lowest BCUT2D eigenvalue weighted by atomic mass is 9.87. The molecule has 0 radical (unpaired) electrons. The molecule has 0 spiro atoms. The molecule has 1 rings (SSSR count). The van der Waals surface area contributed by atoms with Gasteiger partial charge in [0.2, 0.25) is 5.91 Å². The van der Waals surface area contributed by atoms with Gasteiger partial charge in [-0.2, -0.15) is 0 Å². The molecule has 0 saturated heterocycles. The van der Waals surface area contributed by atoms with Crippen molar-refractivity contribution in [3.8, 4) is 5.75 Å². The summed E-state index contributed by atoms with van der Waals surface area (Å²) in [7, 11) is 1.55. The van der Waals surface area contributed by atoms with Crippen molar-refractivity contribution < 1.29 is 19.4 Å². The first-order valence-corrected chi connectivity index (χ1v) is 6.94. The molecule has 0 bridgehead atoms. The minimum Gasteiger partial charge on any atom is -0.495 e. The number of rotatable bonds is 6. The molecule has 0 aliphatic rings. The van der Waals surface area contributed by atoms with Gasteiger partial charge >= 0.3 is 5.97 Å². The second kappa shape index (κ2) is 7.11. The Labute approximate surface area is 125 Å². The van der Waals surface area contributed by atoms with Crippen molar-refractivity contribution >= 4 is 17.6 Å². The molecule has 0 fully saturated rings. The SMILES string of the molecule is COc1ccc(C(C)(C)C)cc1NC(=O)CCCC(=O)O. The topological polar surface area (TPSA) is 75.6 Å². The van der Waals surface area contributed by atoms with E-state index in [0.29, 0.717) is 17.9 Å². The zero-order chi connectivity index (χ0) is 16.0. The Morgan fingerprint density at radius 2 is 1.90 bits per heavy atom. The Morgan fingerprint density at radius 3 is 2.43 bits per heavy atom. The van der Waals surface area contributed by atoms with E-state index >= 15 is 0 Å². The molecule has 0 aliphatic carbocycles. The molecule has 1 aromatic rings. The normalized spacial score (nSPS) is 11.0. The van der Waals surface area contributed by atoms with Gasteiger partial charge in [0.25, 0.3) is 0 Å². The van der Waals surface area contributed by atoms with Gasteiger partial charge in [-0.25, -0.2) is 0 Å². The lowest BCUT2D eigenvalue weighted by Crippen LogP contribution is -2.15. The smallest absolute Gasteiger partial charge is 0.303 e. The van der Waals surface area contributed by atoms with Gasteiger partial charge in [0.1, 0.15) is 5.75 Å². The van der Waals surface area contributed by atoms with Crippen LogP contribution in [-0.2, 0) is 15.0 Å². The Balaban J connectivity index is 2.80. The first kappa shape index (κ1) is 17.0. The standard InChI is InChI=1S/C16H23NO4/c1-16(2,3)11-8-9-13(21-4)12(10-11)17-14(18)6-5-7-15(19)20/h8-10H,5-7H2,1-4H3,(H,17,18)(H,19,20). The van der Waals surface area contributed by atoms with Crippen molar-refractivity contribution in [3.05, 3.63) is 23.8 Å². The molecule has 116 valence electrons. The Morgan fingerprint density at radius 1 is 1.24 bits per heavy atom.